The van der Waals surface area contributed by atoms with E-state index in [2.05, 4.69) is 10.2 Å². The maximum absolute atomic E-state index is 5.63. The minimum atomic E-state index is 0.0861. The highest BCUT2D eigenvalue weighted by atomic mass is 16.5. The number of aromatic nitrogens is 3. The summed E-state index contributed by atoms with van der Waals surface area (Å²) in [7, 11) is 0. The Balaban J connectivity index is 2.09. The van der Waals surface area contributed by atoms with E-state index in [1.165, 1.54) is 0 Å². The predicted molar refractivity (Wildman–Crippen MR) is 58.8 cm³/mol. The van der Waals surface area contributed by atoms with Crippen molar-refractivity contribution < 1.29 is 4.74 Å². The average Bonchev–Trinajstić information content (AvgIpc) is 2.96. The first kappa shape index (κ1) is 9.74. The molecule has 1 unspecified atom stereocenters. The summed E-state index contributed by atoms with van der Waals surface area (Å²) < 4.78 is 7.61. The quantitative estimate of drug-likeness (QED) is 0.818. The molecule has 5 heteroatoms. The van der Waals surface area contributed by atoms with Crippen LogP contribution in [0.4, 0.5) is 0 Å². The molecule has 84 valence electrons. The predicted octanol–water partition coefficient (Wildman–Crippen LogP) is 1.04. The van der Waals surface area contributed by atoms with E-state index < -0.39 is 0 Å². The van der Waals surface area contributed by atoms with Crippen molar-refractivity contribution in [3.63, 3.8) is 0 Å². The van der Waals surface area contributed by atoms with E-state index in [1.54, 1.807) is 0 Å². The molecule has 1 aliphatic rings. The largest absolute Gasteiger partial charge is 0.370 e. The SMILES string of the molecule is NCc1ccc2nnc(C3CCCO3)n2c1. The molecule has 3 heterocycles. The van der Waals surface area contributed by atoms with E-state index in [1.807, 2.05) is 22.7 Å². The lowest BCUT2D eigenvalue weighted by Crippen LogP contribution is -2.04. The fraction of sp³-hybridized carbons (Fsp3) is 0.455. The normalized spacial score (nSPS) is 20.7. The van der Waals surface area contributed by atoms with Gasteiger partial charge in [0.2, 0.25) is 0 Å². The fourth-order valence-corrected chi connectivity index (χ4v) is 2.07. The molecule has 0 saturated carbocycles. The lowest BCUT2D eigenvalue weighted by molar-refractivity contribution is 0.104. The second-order valence-corrected chi connectivity index (χ2v) is 4.03. The molecule has 0 bridgehead atoms. The van der Waals surface area contributed by atoms with Crippen LogP contribution in [0.2, 0.25) is 0 Å². The van der Waals surface area contributed by atoms with Gasteiger partial charge in [0.05, 0.1) is 0 Å². The molecule has 0 radical (unpaired) electrons. The zero-order valence-electron chi connectivity index (χ0n) is 8.97. The van der Waals surface area contributed by atoms with Gasteiger partial charge in [-0.3, -0.25) is 4.40 Å². The summed E-state index contributed by atoms with van der Waals surface area (Å²) in [6, 6.07) is 3.91. The van der Waals surface area contributed by atoms with Gasteiger partial charge in [0.1, 0.15) is 6.10 Å². The third-order valence-electron chi connectivity index (χ3n) is 2.94. The maximum Gasteiger partial charge on any atom is 0.166 e. The van der Waals surface area contributed by atoms with Crippen LogP contribution in [0.3, 0.4) is 0 Å². The molecular weight excluding hydrogens is 204 g/mol. The smallest absolute Gasteiger partial charge is 0.166 e. The van der Waals surface area contributed by atoms with Crippen LogP contribution in [-0.2, 0) is 11.3 Å². The van der Waals surface area contributed by atoms with Crippen LogP contribution in [0, 0.1) is 0 Å². The monoisotopic (exact) mass is 218 g/mol. The molecule has 0 aromatic carbocycles. The summed E-state index contributed by atoms with van der Waals surface area (Å²) in [5.74, 6) is 0.891. The molecule has 2 aromatic heterocycles. The molecule has 2 aromatic rings. The number of hydrogen-bond donors (Lipinski definition) is 1. The maximum atomic E-state index is 5.63. The Morgan fingerprint density at radius 1 is 1.44 bits per heavy atom. The molecule has 1 saturated heterocycles. The molecular formula is C11H14N4O. The van der Waals surface area contributed by atoms with Crippen LogP contribution < -0.4 is 5.73 Å². The van der Waals surface area contributed by atoms with E-state index in [9.17, 15) is 0 Å². The first-order valence-corrected chi connectivity index (χ1v) is 5.54. The van der Waals surface area contributed by atoms with Crippen LogP contribution in [0.25, 0.3) is 5.65 Å². The summed E-state index contributed by atoms with van der Waals surface area (Å²) in [5, 5.41) is 8.33. The van der Waals surface area contributed by atoms with Gasteiger partial charge in [-0.2, -0.15) is 0 Å². The van der Waals surface area contributed by atoms with Crippen molar-refractivity contribution >= 4 is 5.65 Å². The van der Waals surface area contributed by atoms with E-state index >= 15 is 0 Å². The van der Waals surface area contributed by atoms with Crippen LogP contribution in [0.5, 0.6) is 0 Å². The molecule has 2 N–H and O–H groups in total. The first-order chi connectivity index (χ1) is 7.88. The van der Waals surface area contributed by atoms with Crippen LogP contribution in [0.15, 0.2) is 18.3 Å². The van der Waals surface area contributed by atoms with Crippen molar-refractivity contribution in [1.29, 1.82) is 0 Å². The third kappa shape index (κ3) is 1.48. The van der Waals surface area contributed by atoms with Crippen molar-refractivity contribution in [2.24, 2.45) is 5.73 Å². The van der Waals surface area contributed by atoms with E-state index in [0.717, 1.165) is 36.5 Å². The number of fused-ring (bicyclic) bond motifs is 1. The molecule has 1 aliphatic heterocycles. The highest BCUT2D eigenvalue weighted by molar-refractivity contribution is 5.39. The lowest BCUT2D eigenvalue weighted by Gasteiger charge is -2.07. The minimum Gasteiger partial charge on any atom is -0.370 e. The van der Waals surface area contributed by atoms with Crippen LogP contribution >= 0.6 is 0 Å². The van der Waals surface area contributed by atoms with Crippen LogP contribution in [-0.4, -0.2) is 21.2 Å². The van der Waals surface area contributed by atoms with Gasteiger partial charge in [-0.05, 0) is 24.5 Å². The Bertz CT molecular complexity index is 502. The molecule has 0 aliphatic carbocycles. The summed E-state index contributed by atoms with van der Waals surface area (Å²) in [6.45, 7) is 1.34. The lowest BCUT2D eigenvalue weighted by atomic mass is 10.2. The van der Waals surface area contributed by atoms with Gasteiger partial charge in [0.25, 0.3) is 0 Å². The number of rotatable bonds is 2. The molecule has 0 amide bonds. The highest BCUT2D eigenvalue weighted by Gasteiger charge is 2.22. The fourth-order valence-electron chi connectivity index (χ4n) is 2.07. The van der Waals surface area contributed by atoms with E-state index in [0.29, 0.717) is 6.54 Å². The summed E-state index contributed by atoms with van der Waals surface area (Å²) in [4.78, 5) is 0. The van der Waals surface area contributed by atoms with Crippen molar-refractivity contribution in [1.82, 2.24) is 14.6 Å². The number of pyridine rings is 1. The summed E-state index contributed by atoms with van der Waals surface area (Å²) in [5.41, 5.74) is 7.55. The highest BCUT2D eigenvalue weighted by Crippen LogP contribution is 2.27. The van der Waals surface area contributed by atoms with Crippen molar-refractivity contribution in [2.75, 3.05) is 6.61 Å². The van der Waals surface area contributed by atoms with Crippen LogP contribution in [0.1, 0.15) is 30.3 Å². The van der Waals surface area contributed by atoms with Crippen molar-refractivity contribution in [3.05, 3.63) is 29.7 Å². The molecule has 16 heavy (non-hydrogen) atoms. The average molecular weight is 218 g/mol. The Hall–Kier alpha value is -1.46. The van der Waals surface area contributed by atoms with Gasteiger partial charge < -0.3 is 10.5 Å². The van der Waals surface area contributed by atoms with Crippen molar-refractivity contribution in [3.8, 4) is 0 Å². The van der Waals surface area contributed by atoms with Gasteiger partial charge in [0.15, 0.2) is 11.5 Å². The summed E-state index contributed by atoms with van der Waals surface area (Å²) in [6.07, 6.45) is 4.19. The zero-order chi connectivity index (χ0) is 11.0. The Labute approximate surface area is 93.2 Å². The first-order valence-electron chi connectivity index (χ1n) is 5.54. The number of hydrogen-bond acceptors (Lipinski definition) is 4. The Kier molecular flexibility index (Phi) is 2.34. The van der Waals surface area contributed by atoms with Crippen molar-refractivity contribution in [2.45, 2.75) is 25.5 Å². The molecule has 0 spiro atoms. The van der Waals surface area contributed by atoms with Gasteiger partial charge in [-0.15, -0.1) is 10.2 Å². The number of ether oxygens (including phenoxy) is 1. The van der Waals surface area contributed by atoms with Gasteiger partial charge in [-0.1, -0.05) is 6.07 Å². The van der Waals surface area contributed by atoms with Gasteiger partial charge >= 0.3 is 0 Å². The van der Waals surface area contributed by atoms with E-state index in [-0.39, 0.29) is 6.10 Å². The van der Waals surface area contributed by atoms with Gasteiger partial charge in [0, 0.05) is 19.3 Å². The standard InChI is InChI=1S/C11H14N4O/c12-6-8-3-4-10-13-14-11(15(10)7-8)9-2-1-5-16-9/h3-4,7,9H,1-2,5-6,12H2. The number of nitrogens with two attached hydrogens (primary N) is 1. The molecule has 1 fully saturated rings. The molecule has 5 nitrogen and oxygen atoms in total. The molecule has 1 atom stereocenters. The van der Waals surface area contributed by atoms with Gasteiger partial charge in [-0.25, -0.2) is 0 Å². The number of nitrogens with zero attached hydrogens (tertiary/aromatic N) is 3. The topological polar surface area (TPSA) is 65.4 Å². The second-order valence-electron chi connectivity index (χ2n) is 4.03. The second kappa shape index (κ2) is 3.84. The zero-order valence-corrected chi connectivity index (χ0v) is 8.97. The Morgan fingerprint density at radius 2 is 2.38 bits per heavy atom. The third-order valence-corrected chi connectivity index (χ3v) is 2.94. The minimum absolute atomic E-state index is 0.0861. The Morgan fingerprint density at radius 3 is 3.12 bits per heavy atom. The summed E-state index contributed by atoms with van der Waals surface area (Å²) >= 11 is 0. The van der Waals surface area contributed by atoms with E-state index in [4.69, 9.17) is 10.5 Å². The molecule has 3 rings (SSSR count).